The molecule has 37 heavy (non-hydrogen) atoms. The summed E-state index contributed by atoms with van der Waals surface area (Å²) < 4.78 is 19.1. The molecule has 1 saturated heterocycles. The van der Waals surface area contributed by atoms with Gasteiger partial charge in [0.15, 0.2) is 23.0 Å². The number of rotatable bonds is 12. The molecular formula is C20H29ClN9O6P. The number of hydrogen-bond donors (Lipinski definition) is 5. The molecule has 4 heterocycles. The van der Waals surface area contributed by atoms with Crippen LogP contribution in [0.5, 0.6) is 0 Å². The second-order valence-electron chi connectivity index (χ2n) is 9.11. The first-order valence-corrected chi connectivity index (χ1v) is 13.7. The van der Waals surface area contributed by atoms with Crippen LogP contribution in [0.3, 0.4) is 0 Å². The highest BCUT2D eigenvalue weighted by atomic mass is 35.5. The fraction of sp³-hybridized carbons (Fsp3) is 0.700. The summed E-state index contributed by atoms with van der Waals surface area (Å²) in [5.74, 6) is 0.949. The second-order valence-corrected chi connectivity index (χ2v) is 10.8. The number of hydrogen-bond acceptors (Lipinski definition) is 13. The average molecular weight is 558 g/mol. The zero-order valence-electron chi connectivity index (χ0n) is 19.9. The van der Waals surface area contributed by atoms with E-state index in [0.29, 0.717) is 30.3 Å². The fourth-order valence-corrected chi connectivity index (χ4v) is 5.27. The minimum Gasteiger partial charge on any atom is -0.393 e. The number of aliphatic hydroxyl groups is 1. The van der Waals surface area contributed by atoms with Crippen molar-refractivity contribution in [2.45, 2.75) is 68.8 Å². The Kier molecular flexibility index (Phi) is 8.41. The monoisotopic (exact) mass is 557 g/mol. The zero-order valence-corrected chi connectivity index (χ0v) is 21.6. The van der Waals surface area contributed by atoms with Gasteiger partial charge >= 0.3 is 0 Å². The Bertz CT molecular complexity index is 1160. The van der Waals surface area contributed by atoms with Crippen molar-refractivity contribution in [3.63, 3.8) is 0 Å². The van der Waals surface area contributed by atoms with Crippen LogP contribution in [-0.4, -0.2) is 92.6 Å². The lowest BCUT2D eigenvalue weighted by molar-refractivity contribution is -0.117. The Balaban J connectivity index is 1.22. The highest BCUT2D eigenvalue weighted by molar-refractivity contribution is 7.46. The number of fused-ring (bicyclic) bond motifs is 1. The van der Waals surface area contributed by atoms with Crippen molar-refractivity contribution >= 4 is 36.8 Å². The Hall–Kier alpha value is -2.10. The molecule has 3 aromatic heterocycles. The van der Waals surface area contributed by atoms with Crippen molar-refractivity contribution < 1.29 is 29.1 Å². The molecule has 0 spiro atoms. The summed E-state index contributed by atoms with van der Waals surface area (Å²) in [4.78, 5) is 28.7. The molecule has 3 aromatic rings. The largest absolute Gasteiger partial charge is 0.393 e. The molecule has 3 unspecified atom stereocenters. The van der Waals surface area contributed by atoms with E-state index in [1.165, 1.54) is 12.8 Å². The molecule has 202 valence electrons. The van der Waals surface area contributed by atoms with Crippen molar-refractivity contribution in [3.05, 3.63) is 17.3 Å². The molecule has 2 aliphatic rings. The fourth-order valence-electron chi connectivity index (χ4n) is 4.58. The quantitative estimate of drug-likeness (QED) is 0.157. The maximum absolute atomic E-state index is 9.99. The molecule has 0 bridgehead atoms. The minimum absolute atomic E-state index is 0.00596. The number of H-pyrrole nitrogens is 1. The number of halogens is 1. The lowest BCUT2D eigenvalue weighted by atomic mass is 10.2. The molecule has 2 fully saturated rings. The number of aromatic amines is 1. The van der Waals surface area contributed by atoms with E-state index in [1.807, 2.05) is 0 Å². The molecular weight excluding hydrogens is 529 g/mol. The molecule has 15 nitrogen and oxygen atoms in total. The summed E-state index contributed by atoms with van der Waals surface area (Å²) in [7, 11) is -2.70. The van der Waals surface area contributed by atoms with Gasteiger partial charge in [-0.2, -0.15) is 20.3 Å². The van der Waals surface area contributed by atoms with Crippen LogP contribution in [0.2, 0.25) is 5.28 Å². The van der Waals surface area contributed by atoms with Gasteiger partial charge in [0, 0.05) is 6.04 Å². The molecule has 3 atom stereocenters. The number of nitrogens with zero attached hydrogens (tertiary/aromatic N) is 7. The summed E-state index contributed by atoms with van der Waals surface area (Å²) in [6.45, 7) is -0.986. The van der Waals surface area contributed by atoms with Gasteiger partial charge in [-0.1, -0.05) is 18.1 Å². The molecule has 1 aliphatic carbocycles. The summed E-state index contributed by atoms with van der Waals surface area (Å²) in [6, 6.07) is 0.355. The predicted octanol–water partition coefficient (Wildman–Crippen LogP) is 1.24. The van der Waals surface area contributed by atoms with Gasteiger partial charge in [0.25, 0.3) is 0 Å². The molecule has 17 heteroatoms. The van der Waals surface area contributed by atoms with Crippen LogP contribution in [-0.2, 0) is 20.8 Å². The van der Waals surface area contributed by atoms with Crippen LogP contribution >= 0.6 is 20.0 Å². The van der Waals surface area contributed by atoms with E-state index in [1.54, 1.807) is 10.9 Å². The first kappa shape index (κ1) is 26.5. The molecule has 5 rings (SSSR count). The number of tetrazole rings is 1. The Labute approximate surface area is 217 Å². The van der Waals surface area contributed by atoms with Crippen molar-refractivity contribution in [3.8, 4) is 0 Å². The molecule has 1 saturated carbocycles. The number of ether oxygens (including phenoxy) is 3. The molecule has 0 amide bonds. The third-order valence-corrected chi connectivity index (χ3v) is 7.88. The summed E-state index contributed by atoms with van der Waals surface area (Å²) in [6.07, 6.45) is 6.72. The van der Waals surface area contributed by atoms with Crippen molar-refractivity contribution in [1.29, 1.82) is 0 Å². The van der Waals surface area contributed by atoms with Crippen LogP contribution in [0.1, 0.15) is 50.6 Å². The molecule has 0 radical (unpaired) electrons. The number of aromatic nitrogens is 8. The third-order valence-electron chi connectivity index (χ3n) is 6.58. The Morgan fingerprint density at radius 3 is 2.81 bits per heavy atom. The van der Waals surface area contributed by atoms with E-state index in [2.05, 4.69) is 41.0 Å². The number of aliphatic hydroxyl groups excluding tert-OH is 1. The topological polar surface area (TPSA) is 198 Å². The van der Waals surface area contributed by atoms with Crippen molar-refractivity contribution in [2.24, 2.45) is 0 Å². The van der Waals surface area contributed by atoms with Gasteiger partial charge in [-0.25, -0.2) is 4.68 Å². The average Bonchev–Trinajstić information content (AvgIpc) is 3.69. The summed E-state index contributed by atoms with van der Waals surface area (Å²) in [5, 5.41) is 30.3. The molecule has 0 aromatic carbocycles. The number of nitrogens with one attached hydrogen (secondary N) is 2. The minimum atomic E-state index is -2.70. The predicted molar refractivity (Wildman–Crippen MR) is 130 cm³/mol. The van der Waals surface area contributed by atoms with E-state index < -0.39 is 26.6 Å². The first-order valence-electron chi connectivity index (χ1n) is 12.0. The SMILES string of the molecule is OCC(COCc1nn[nH]n1)(OCC1CCC(n2ncc3c(NC4CCCC4)nc(Cl)nc32)O1)P(O)O. The van der Waals surface area contributed by atoms with Gasteiger partial charge in [0.05, 0.1) is 37.5 Å². The Morgan fingerprint density at radius 2 is 2.08 bits per heavy atom. The van der Waals surface area contributed by atoms with Gasteiger partial charge in [-0.15, -0.1) is 10.2 Å². The van der Waals surface area contributed by atoms with Gasteiger partial charge < -0.3 is 34.4 Å². The molecule has 1 aliphatic heterocycles. The zero-order chi connectivity index (χ0) is 25.8. The van der Waals surface area contributed by atoms with Crippen LogP contribution in [0.15, 0.2) is 6.20 Å². The second kappa shape index (κ2) is 11.7. The van der Waals surface area contributed by atoms with E-state index in [4.69, 9.17) is 25.8 Å². The van der Waals surface area contributed by atoms with Crippen LogP contribution in [0.25, 0.3) is 11.0 Å². The summed E-state index contributed by atoms with van der Waals surface area (Å²) in [5.41, 5.74) is 0.570. The van der Waals surface area contributed by atoms with E-state index in [9.17, 15) is 14.9 Å². The highest BCUT2D eigenvalue weighted by Gasteiger charge is 2.41. The number of anilines is 1. The maximum Gasteiger partial charge on any atom is 0.226 e. The lowest BCUT2D eigenvalue weighted by Crippen LogP contribution is -2.42. The first-order chi connectivity index (χ1) is 18.0. The van der Waals surface area contributed by atoms with Crippen molar-refractivity contribution in [2.75, 3.05) is 25.1 Å². The third kappa shape index (κ3) is 5.99. The van der Waals surface area contributed by atoms with E-state index in [-0.39, 0.29) is 37.0 Å². The van der Waals surface area contributed by atoms with Gasteiger partial charge in [-0.3, -0.25) is 0 Å². The van der Waals surface area contributed by atoms with Crippen LogP contribution in [0.4, 0.5) is 5.82 Å². The molecule has 5 N–H and O–H groups in total. The smallest absolute Gasteiger partial charge is 0.226 e. The van der Waals surface area contributed by atoms with Crippen LogP contribution in [0, 0.1) is 0 Å². The van der Waals surface area contributed by atoms with Gasteiger partial charge in [0.1, 0.15) is 12.4 Å². The normalized spacial score (nSPS) is 22.3. The van der Waals surface area contributed by atoms with Gasteiger partial charge in [0.2, 0.25) is 13.7 Å². The van der Waals surface area contributed by atoms with E-state index in [0.717, 1.165) is 18.2 Å². The van der Waals surface area contributed by atoms with E-state index >= 15 is 0 Å². The maximum atomic E-state index is 9.99. The Morgan fingerprint density at radius 1 is 1.24 bits per heavy atom. The standard InChI is InChI=1S/C20H29ClN9O6P/c21-19-24-17(23-12-3-1-2-4-12)14-7-22-30(18(14)25-19)16-6-5-13(36-16)8-35-20(10-31,37(32)33)11-34-9-15-26-28-29-27-15/h7,12-13,16,31-33H,1-6,8-11H2,(H,23,24,25)(H,26,27,28,29). The van der Waals surface area contributed by atoms with Crippen LogP contribution < -0.4 is 5.32 Å². The lowest BCUT2D eigenvalue weighted by Gasteiger charge is -2.33. The van der Waals surface area contributed by atoms with Crippen molar-refractivity contribution in [1.82, 2.24) is 40.4 Å². The van der Waals surface area contributed by atoms with Gasteiger partial charge in [-0.05, 0) is 37.3 Å². The summed E-state index contributed by atoms with van der Waals surface area (Å²) >= 11 is 6.24. The highest BCUT2D eigenvalue weighted by Crippen LogP contribution is 2.44.